The summed E-state index contributed by atoms with van der Waals surface area (Å²) in [5.74, 6) is -0.502. The van der Waals surface area contributed by atoms with Crippen LogP contribution in [0, 0.1) is 0 Å². The smallest absolute Gasteiger partial charge is 0.147 e. The van der Waals surface area contributed by atoms with Crippen molar-refractivity contribution in [1.29, 1.82) is 0 Å². The minimum absolute atomic E-state index is 0.0223. The largest absolute Gasteiger partial charge is 0.355 e. The summed E-state index contributed by atoms with van der Waals surface area (Å²) in [4.78, 5) is 7.59. The minimum Gasteiger partial charge on any atom is -0.355 e. The van der Waals surface area contributed by atoms with Crippen LogP contribution >= 0.6 is 15.9 Å². The van der Waals surface area contributed by atoms with E-state index in [2.05, 4.69) is 25.9 Å². The Hall–Kier alpha value is -0.640. The molecular formula is C7H8BrN3. The van der Waals surface area contributed by atoms with Crippen LogP contribution in [-0.4, -0.2) is 23.0 Å². The van der Waals surface area contributed by atoms with Crippen LogP contribution in [0.2, 0.25) is 0 Å². The van der Waals surface area contributed by atoms with Crippen molar-refractivity contribution in [3.8, 4) is 0 Å². The van der Waals surface area contributed by atoms with E-state index in [-0.39, 0.29) is 10.8 Å². The van der Waals surface area contributed by atoms with Crippen molar-refractivity contribution < 1.29 is 11.0 Å². The second-order valence-corrected chi connectivity index (χ2v) is 2.50. The second kappa shape index (κ2) is 2.77. The van der Waals surface area contributed by atoms with Crippen LogP contribution in [0.5, 0.6) is 0 Å². The van der Waals surface area contributed by atoms with E-state index in [1.807, 2.05) is 0 Å². The van der Waals surface area contributed by atoms with Crippen LogP contribution < -0.4 is 4.90 Å². The lowest BCUT2D eigenvalue weighted by atomic mass is 10.2. The van der Waals surface area contributed by atoms with E-state index in [1.54, 1.807) is 0 Å². The number of nitrogens with zero attached hydrogens (tertiary/aromatic N) is 3. The highest BCUT2D eigenvalue weighted by Crippen LogP contribution is 2.17. The molecule has 1 aliphatic heterocycles. The third kappa shape index (κ3) is 1.35. The third-order valence-electron chi connectivity index (χ3n) is 1.06. The Morgan fingerprint density at radius 2 is 2.36 bits per heavy atom. The summed E-state index contributed by atoms with van der Waals surface area (Å²) in [5, 5.41) is 0. The Bertz CT molecular complexity index is 529. The lowest BCUT2D eigenvalue weighted by Crippen LogP contribution is -2.37. The molecule has 2 heterocycles. The zero-order chi connectivity index (χ0) is 14.8. The number of rotatable bonds is 1. The molecule has 0 aliphatic carbocycles. The van der Waals surface area contributed by atoms with Gasteiger partial charge in [-0.25, -0.2) is 9.97 Å². The maximum atomic E-state index is 7.59. The maximum Gasteiger partial charge on any atom is 0.147 e. The van der Waals surface area contributed by atoms with Crippen molar-refractivity contribution in [2.45, 2.75) is 6.37 Å². The first kappa shape index (κ1) is 2.42. The van der Waals surface area contributed by atoms with E-state index in [9.17, 15) is 0 Å². The molecule has 1 aromatic heterocycles. The normalized spacial score (nSPS) is 40.6. The fraction of sp³-hybridized carbons (Fsp3) is 0.429. The van der Waals surface area contributed by atoms with Gasteiger partial charge in [-0.1, -0.05) is 0 Å². The van der Waals surface area contributed by atoms with E-state index >= 15 is 0 Å². The highest BCUT2D eigenvalue weighted by atomic mass is 79.9. The van der Waals surface area contributed by atoms with Crippen molar-refractivity contribution in [2.75, 3.05) is 17.9 Å². The highest BCUT2D eigenvalue weighted by Gasteiger charge is 2.15. The monoisotopic (exact) mass is 221 g/mol. The Kier molecular flexibility index (Phi) is 0.610. The summed E-state index contributed by atoms with van der Waals surface area (Å²) in [6.07, 6.45) is -3.68. The van der Waals surface area contributed by atoms with Crippen LogP contribution in [0.1, 0.15) is 17.3 Å². The van der Waals surface area contributed by atoms with Gasteiger partial charge in [0.05, 0.1) is 15.1 Å². The lowest BCUT2D eigenvalue weighted by molar-refractivity contribution is 0.608. The number of hydrogen-bond donors (Lipinski definition) is 0. The molecule has 0 saturated carbocycles. The minimum atomic E-state index is -2.76. The highest BCUT2D eigenvalue weighted by molar-refractivity contribution is 9.10. The first-order valence-corrected chi connectivity index (χ1v) is 3.55. The standard InChI is InChI=1S/C7H8BrN3/c8-6-4-10-7(5-9-6)11-2-1-3-11/h4-5H,1-3H2/i1D2,2D2,3D2,4D,5D. The van der Waals surface area contributed by atoms with Gasteiger partial charge in [0.1, 0.15) is 10.4 Å². The Morgan fingerprint density at radius 1 is 1.55 bits per heavy atom. The molecule has 11 heavy (non-hydrogen) atoms. The van der Waals surface area contributed by atoms with Gasteiger partial charge in [-0.3, -0.25) is 0 Å². The Labute approximate surface area is 84.8 Å². The quantitative estimate of drug-likeness (QED) is 0.720. The predicted molar refractivity (Wildman–Crippen MR) is 46.6 cm³/mol. The molecule has 3 nitrogen and oxygen atoms in total. The van der Waals surface area contributed by atoms with Crippen molar-refractivity contribution in [3.63, 3.8) is 0 Å². The van der Waals surface area contributed by atoms with Crippen LogP contribution in [-0.2, 0) is 0 Å². The van der Waals surface area contributed by atoms with Gasteiger partial charge in [0.25, 0.3) is 0 Å². The lowest BCUT2D eigenvalue weighted by Gasteiger charge is -2.31. The van der Waals surface area contributed by atoms with Gasteiger partial charge >= 0.3 is 0 Å². The van der Waals surface area contributed by atoms with Crippen molar-refractivity contribution >= 4 is 21.7 Å². The molecule has 1 aliphatic rings. The molecule has 0 N–H and O–H groups in total. The van der Waals surface area contributed by atoms with E-state index in [4.69, 9.17) is 11.0 Å². The van der Waals surface area contributed by atoms with Gasteiger partial charge in [-0.2, -0.15) is 0 Å². The number of hydrogen-bond acceptors (Lipinski definition) is 3. The molecule has 1 aromatic rings. The fourth-order valence-corrected chi connectivity index (χ4v) is 0.743. The molecule has 0 amide bonds. The van der Waals surface area contributed by atoms with E-state index in [1.165, 1.54) is 0 Å². The maximum absolute atomic E-state index is 7.59. The molecule has 0 spiro atoms. The molecule has 0 bridgehead atoms. The first-order valence-electron chi connectivity index (χ1n) is 6.75. The SMILES string of the molecule is [2H]c1nc(N2C([2H])([2H])C([2H])([2H])C2([2H])[2H])c([2H])nc1Br. The Balaban J connectivity index is 2.58. The number of anilines is 1. The summed E-state index contributed by atoms with van der Waals surface area (Å²) in [6, 6.07) is 0. The zero-order valence-corrected chi connectivity index (χ0v) is 6.81. The molecule has 0 radical (unpaired) electrons. The summed E-state index contributed by atoms with van der Waals surface area (Å²) >= 11 is 2.89. The molecule has 0 unspecified atom stereocenters. The number of aromatic nitrogens is 2. The molecule has 2 rings (SSSR count). The van der Waals surface area contributed by atoms with Crippen molar-refractivity contribution in [2.24, 2.45) is 0 Å². The van der Waals surface area contributed by atoms with Gasteiger partial charge in [0, 0.05) is 21.2 Å². The molecule has 58 valence electrons. The molecule has 1 saturated heterocycles. The van der Waals surface area contributed by atoms with Crippen LogP contribution in [0.4, 0.5) is 5.82 Å². The van der Waals surface area contributed by atoms with Gasteiger partial charge in [-0.05, 0) is 22.3 Å². The topological polar surface area (TPSA) is 29.0 Å². The predicted octanol–water partition coefficient (Wildman–Crippen LogP) is 1.45. The van der Waals surface area contributed by atoms with Gasteiger partial charge in [0.15, 0.2) is 0 Å². The van der Waals surface area contributed by atoms with Gasteiger partial charge in [-0.15, -0.1) is 0 Å². The van der Waals surface area contributed by atoms with Crippen LogP contribution in [0.3, 0.4) is 0 Å². The average molecular weight is 222 g/mol. The summed E-state index contributed by atoms with van der Waals surface area (Å²) < 4.78 is 60.2. The van der Waals surface area contributed by atoms with E-state index in [0.717, 1.165) is 0 Å². The summed E-state index contributed by atoms with van der Waals surface area (Å²) in [6.45, 7) is -5.36. The molecule has 0 atom stereocenters. The van der Waals surface area contributed by atoms with Crippen LogP contribution in [0.25, 0.3) is 0 Å². The van der Waals surface area contributed by atoms with Crippen molar-refractivity contribution in [3.05, 3.63) is 16.9 Å². The average Bonchev–Trinajstić information content (AvgIpc) is 2.24. The first-order chi connectivity index (χ1) is 8.44. The molecular weight excluding hydrogens is 206 g/mol. The van der Waals surface area contributed by atoms with Gasteiger partial charge < -0.3 is 4.90 Å². The van der Waals surface area contributed by atoms with Gasteiger partial charge in [0.2, 0.25) is 0 Å². The summed E-state index contributed by atoms with van der Waals surface area (Å²) in [5.41, 5.74) is 0. The fourth-order valence-electron chi connectivity index (χ4n) is 0.566. The third-order valence-corrected chi connectivity index (χ3v) is 1.41. The van der Waals surface area contributed by atoms with E-state index < -0.39 is 31.4 Å². The zero-order valence-electron chi connectivity index (χ0n) is 13.2. The van der Waals surface area contributed by atoms with Crippen molar-refractivity contribution in [1.82, 2.24) is 9.97 Å². The second-order valence-electron chi connectivity index (χ2n) is 1.75. The van der Waals surface area contributed by atoms with Crippen LogP contribution in [0.15, 0.2) is 16.9 Å². The Morgan fingerprint density at radius 3 is 3.18 bits per heavy atom. The molecule has 4 heteroatoms. The molecule has 0 aromatic carbocycles. The number of halogens is 1. The van der Waals surface area contributed by atoms with E-state index in [0.29, 0.717) is 4.90 Å². The summed E-state index contributed by atoms with van der Waals surface area (Å²) in [7, 11) is 0. The molecule has 1 fully saturated rings.